The molecule has 0 aromatic heterocycles. The number of carbonyl (C=O) groups excluding carboxylic acids is 2. The number of rotatable bonds is 4. The SMILES string of the molecule is O=C(CC1CSc2ccccc2NC1=O)NCc1ccccc1. The number of thioether (sulfide) groups is 1. The lowest BCUT2D eigenvalue weighted by Crippen LogP contribution is -2.31. The van der Waals surface area contributed by atoms with Gasteiger partial charge in [-0.05, 0) is 17.7 Å². The Hall–Kier alpha value is -2.27. The maximum absolute atomic E-state index is 12.3. The van der Waals surface area contributed by atoms with Crippen LogP contribution < -0.4 is 10.6 Å². The highest BCUT2D eigenvalue weighted by molar-refractivity contribution is 7.99. The summed E-state index contributed by atoms with van der Waals surface area (Å²) < 4.78 is 0. The van der Waals surface area contributed by atoms with E-state index in [9.17, 15) is 9.59 Å². The quantitative estimate of drug-likeness (QED) is 0.908. The number of fused-ring (bicyclic) bond motifs is 1. The predicted molar refractivity (Wildman–Crippen MR) is 92.2 cm³/mol. The topological polar surface area (TPSA) is 58.2 Å². The van der Waals surface area contributed by atoms with E-state index in [0.717, 1.165) is 16.1 Å². The van der Waals surface area contributed by atoms with Crippen molar-refractivity contribution in [2.45, 2.75) is 17.9 Å². The summed E-state index contributed by atoms with van der Waals surface area (Å²) in [4.78, 5) is 25.4. The third-order valence-corrected chi connectivity index (χ3v) is 4.96. The molecule has 2 aromatic rings. The monoisotopic (exact) mass is 326 g/mol. The van der Waals surface area contributed by atoms with Crippen LogP contribution in [0.2, 0.25) is 0 Å². The minimum atomic E-state index is -0.317. The van der Waals surface area contributed by atoms with E-state index >= 15 is 0 Å². The Bertz CT molecular complexity index is 703. The normalized spacial score (nSPS) is 16.9. The summed E-state index contributed by atoms with van der Waals surface area (Å²) in [6.45, 7) is 0.487. The molecule has 0 saturated carbocycles. The van der Waals surface area contributed by atoms with Crippen LogP contribution in [0, 0.1) is 5.92 Å². The van der Waals surface area contributed by atoms with E-state index in [4.69, 9.17) is 0 Å². The van der Waals surface area contributed by atoms with Crippen LogP contribution in [0.4, 0.5) is 5.69 Å². The van der Waals surface area contributed by atoms with Gasteiger partial charge >= 0.3 is 0 Å². The minimum Gasteiger partial charge on any atom is -0.352 e. The average Bonchev–Trinajstić information content (AvgIpc) is 2.73. The van der Waals surface area contributed by atoms with Crippen molar-refractivity contribution in [2.75, 3.05) is 11.1 Å². The molecule has 4 nitrogen and oxygen atoms in total. The summed E-state index contributed by atoms with van der Waals surface area (Å²) in [6.07, 6.45) is 0.208. The first-order valence-corrected chi connectivity index (χ1v) is 8.54. The van der Waals surface area contributed by atoms with E-state index < -0.39 is 0 Å². The zero-order valence-corrected chi connectivity index (χ0v) is 13.4. The van der Waals surface area contributed by atoms with Gasteiger partial charge in [-0.3, -0.25) is 9.59 Å². The van der Waals surface area contributed by atoms with Crippen LogP contribution in [0.5, 0.6) is 0 Å². The Balaban J connectivity index is 1.56. The van der Waals surface area contributed by atoms with Gasteiger partial charge in [-0.15, -0.1) is 11.8 Å². The van der Waals surface area contributed by atoms with Gasteiger partial charge in [0.25, 0.3) is 0 Å². The zero-order valence-electron chi connectivity index (χ0n) is 12.6. The van der Waals surface area contributed by atoms with Crippen molar-refractivity contribution in [3.8, 4) is 0 Å². The Kier molecular flexibility index (Phi) is 4.98. The Morgan fingerprint density at radius 3 is 2.70 bits per heavy atom. The Labute approximate surface area is 139 Å². The van der Waals surface area contributed by atoms with Crippen molar-refractivity contribution in [3.05, 3.63) is 60.2 Å². The van der Waals surface area contributed by atoms with Crippen molar-refractivity contribution >= 4 is 29.3 Å². The van der Waals surface area contributed by atoms with Crippen molar-refractivity contribution < 1.29 is 9.59 Å². The number of nitrogens with one attached hydrogen (secondary N) is 2. The Morgan fingerprint density at radius 2 is 1.87 bits per heavy atom. The van der Waals surface area contributed by atoms with E-state index in [0.29, 0.717) is 12.3 Å². The number of hydrogen-bond donors (Lipinski definition) is 2. The molecule has 0 aliphatic carbocycles. The molecule has 2 N–H and O–H groups in total. The number of benzene rings is 2. The molecule has 1 aliphatic rings. The van der Waals surface area contributed by atoms with Crippen LogP contribution in [-0.2, 0) is 16.1 Å². The second-order valence-corrected chi connectivity index (χ2v) is 6.52. The molecular formula is C18H18N2O2S. The summed E-state index contributed by atoms with van der Waals surface area (Å²) in [6, 6.07) is 17.5. The molecular weight excluding hydrogens is 308 g/mol. The summed E-state index contributed by atoms with van der Waals surface area (Å²) >= 11 is 1.61. The van der Waals surface area contributed by atoms with Gasteiger partial charge in [-0.1, -0.05) is 42.5 Å². The smallest absolute Gasteiger partial charge is 0.228 e. The first-order chi connectivity index (χ1) is 11.2. The van der Waals surface area contributed by atoms with Crippen LogP contribution in [0.15, 0.2) is 59.5 Å². The lowest BCUT2D eigenvalue weighted by molar-refractivity contribution is -0.126. The molecule has 3 rings (SSSR count). The average molecular weight is 326 g/mol. The Morgan fingerprint density at radius 1 is 1.13 bits per heavy atom. The molecule has 0 bridgehead atoms. The van der Waals surface area contributed by atoms with Crippen LogP contribution in [-0.4, -0.2) is 17.6 Å². The van der Waals surface area contributed by atoms with Gasteiger partial charge in [0.05, 0.1) is 11.6 Å². The number of hydrogen-bond acceptors (Lipinski definition) is 3. The number of para-hydroxylation sites is 1. The van der Waals surface area contributed by atoms with Gasteiger partial charge in [0.2, 0.25) is 11.8 Å². The molecule has 2 amide bonds. The molecule has 1 atom stereocenters. The van der Waals surface area contributed by atoms with Crippen LogP contribution in [0.3, 0.4) is 0 Å². The summed E-state index contributed by atoms with van der Waals surface area (Å²) in [5.41, 5.74) is 1.88. The van der Waals surface area contributed by atoms with E-state index in [2.05, 4.69) is 10.6 Å². The van der Waals surface area contributed by atoms with Gasteiger partial charge < -0.3 is 10.6 Å². The van der Waals surface area contributed by atoms with E-state index in [1.54, 1.807) is 11.8 Å². The highest BCUT2D eigenvalue weighted by atomic mass is 32.2. The molecule has 118 valence electrons. The predicted octanol–water partition coefficient (Wildman–Crippen LogP) is 3.05. The summed E-state index contributed by atoms with van der Waals surface area (Å²) in [7, 11) is 0. The molecule has 0 saturated heterocycles. The van der Waals surface area contributed by atoms with E-state index in [1.165, 1.54) is 0 Å². The van der Waals surface area contributed by atoms with Gasteiger partial charge in [0.1, 0.15) is 0 Å². The van der Waals surface area contributed by atoms with Gasteiger partial charge in [-0.25, -0.2) is 0 Å². The fraction of sp³-hybridized carbons (Fsp3) is 0.222. The summed E-state index contributed by atoms with van der Waals surface area (Å²) in [5, 5.41) is 5.79. The number of anilines is 1. The van der Waals surface area contributed by atoms with Gasteiger partial charge in [0.15, 0.2) is 0 Å². The third-order valence-electron chi connectivity index (χ3n) is 3.72. The second kappa shape index (κ2) is 7.33. The van der Waals surface area contributed by atoms with E-state index in [-0.39, 0.29) is 24.2 Å². The standard InChI is InChI=1S/C18H18N2O2S/c21-17(19-11-13-6-2-1-3-7-13)10-14-12-23-16-9-5-4-8-15(16)20-18(14)22/h1-9,14H,10-12H2,(H,19,21)(H,20,22). The lowest BCUT2D eigenvalue weighted by atomic mass is 10.1. The summed E-state index contributed by atoms with van der Waals surface area (Å²) in [5.74, 6) is 0.114. The molecule has 1 heterocycles. The molecule has 1 unspecified atom stereocenters. The highest BCUT2D eigenvalue weighted by Gasteiger charge is 2.26. The maximum Gasteiger partial charge on any atom is 0.228 e. The van der Waals surface area contributed by atoms with Gasteiger partial charge in [-0.2, -0.15) is 0 Å². The zero-order chi connectivity index (χ0) is 16.1. The van der Waals surface area contributed by atoms with Crippen LogP contribution in [0.25, 0.3) is 0 Å². The molecule has 1 aliphatic heterocycles. The fourth-order valence-electron chi connectivity index (χ4n) is 2.44. The van der Waals surface area contributed by atoms with E-state index in [1.807, 2.05) is 54.6 Å². The number of amides is 2. The molecule has 5 heteroatoms. The van der Waals surface area contributed by atoms with Crippen molar-refractivity contribution in [1.29, 1.82) is 0 Å². The second-order valence-electron chi connectivity index (χ2n) is 5.46. The molecule has 0 radical (unpaired) electrons. The minimum absolute atomic E-state index is 0.0858. The lowest BCUT2D eigenvalue weighted by Gasteiger charge is -2.12. The maximum atomic E-state index is 12.3. The first-order valence-electron chi connectivity index (χ1n) is 7.55. The molecule has 23 heavy (non-hydrogen) atoms. The van der Waals surface area contributed by atoms with Crippen molar-refractivity contribution in [3.63, 3.8) is 0 Å². The van der Waals surface area contributed by atoms with Gasteiger partial charge in [0, 0.05) is 23.6 Å². The largest absolute Gasteiger partial charge is 0.352 e. The molecule has 0 fully saturated rings. The third kappa shape index (κ3) is 4.13. The van der Waals surface area contributed by atoms with Crippen LogP contribution >= 0.6 is 11.8 Å². The van der Waals surface area contributed by atoms with Crippen molar-refractivity contribution in [1.82, 2.24) is 5.32 Å². The first kappa shape index (κ1) is 15.6. The number of carbonyl (C=O) groups is 2. The van der Waals surface area contributed by atoms with Crippen LogP contribution in [0.1, 0.15) is 12.0 Å². The van der Waals surface area contributed by atoms with Crippen molar-refractivity contribution in [2.24, 2.45) is 5.92 Å². The highest BCUT2D eigenvalue weighted by Crippen LogP contribution is 2.33. The molecule has 2 aromatic carbocycles. The molecule has 0 spiro atoms. The fourth-order valence-corrected chi connectivity index (χ4v) is 3.54.